The SMILES string of the molecule is COC(=O)Cc1cnc(C(F)F)c(C#N)c1CBr. The van der Waals surface area contributed by atoms with E-state index in [1.807, 2.05) is 0 Å². The average molecular weight is 319 g/mol. The van der Waals surface area contributed by atoms with Crippen molar-refractivity contribution in [1.29, 1.82) is 5.26 Å². The number of rotatable bonds is 4. The number of esters is 1. The fourth-order valence-corrected chi connectivity index (χ4v) is 2.07. The van der Waals surface area contributed by atoms with E-state index in [0.717, 1.165) is 0 Å². The summed E-state index contributed by atoms with van der Waals surface area (Å²) in [5, 5.41) is 9.12. The van der Waals surface area contributed by atoms with Gasteiger partial charge in [0.05, 0.1) is 19.1 Å². The second-order valence-electron chi connectivity index (χ2n) is 3.32. The molecule has 96 valence electrons. The predicted molar refractivity (Wildman–Crippen MR) is 62.3 cm³/mol. The Morgan fingerprint density at radius 3 is 2.78 bits per heavy atom. The zero-order chi connectivity index (χ0) is 13.7. The molecule has 0 aliphatic heterocycles. The molecule has 0 saturated heterocycles. The summed E-state index contributed by atoms with van der Waals surface area (Å²) in [6.07, 6.45) is -1.76. The van der Waals surface area contributed by atoms with E-state index < -0.39 is 18.1 Å². The Morgan fingerprint density at radius 1 is 1.67 bits per heavy atom. The van der Waals surface area contributed by atoms with Crippen molar-refractivity contribution in [2.24, 2.45) is 0 Å². The molecule has 0 fully saturated rings. The minimum atomic E-state index is -2.83. The number of carbonyl (C=O) groups excluding carboxylic acids is 1. The molecule has 0 bridgehead atoms. The van der Waals surface area contributed by atoms with Crippen molar-refractivity contribution in [1.82, 2.24) is 4.98 Å². The van der Waals surface area contributed by atoms with Crippen LogP contribution >= 0.6 is 15.9 Å². The summed E-state index contributed by atoms with van der Waals surface area (Å²) in [7, 11) is 1.22. The molecule has 0 aliphatic carbocycles. The summed E-state index contributed by atoms with van der Waals surface area (Å²) in [4.78, 5) is 14.7. The minimum Gasteiger partial charge on any atom is -0.469 e. The highest BCUT2D eigenvalue weighted by Crippen LogP contribution is 2.26. The normalized spacial score (nSPS) is 10.2. The number of aromatic nitrogens is 1. The molecule has 1 rings (SSSR count). The van der Waals surface area contributed by atoms with Gasteiger partial charge in [0, 0.05) is 11.5 Å². The van der Waals surface area contributed by atoms with Crippen LogP contribution < -0.4 is 0 Å². The van der Waals surface area contributed by atoms with Crippen LogP contribution in [-0.2, 0) is 21.3 Å². The average Bonchev–Trinajstić information content (AvgIpc) is 2.37. The predicted octanol–water partition coefficient (Wildman–Crippen LogP) is 2.50. The second kappa shape index (κ2) is 6.40. The van der Waals surface area contributed by atoms with Gasteiger partial charge in [-0.25, -0.2) is 8.78 Å². The van der Waals surface area contributed by atoms with Crippen LogP contribution in [0.25, 0.3) is 0 Å². The number of pyridine rings is 1. The largest absolute Gasteiger partial charge is 0.469 e. The molecule has 0 N–H and O–H groups in total. The van der Waals surface area contributed by atoms with Crippen LogP contribution in [0.2, 0.25) is 0 Å². The molecule has 0 atom stereocenters. The van der Waals surface area contributed by atoms with Crippen molar-refractivity contribution in [2.45, 2.75) is 18.2 Å². The molecule has 0 aromatic carbocycles. The van der Waals surface area contributed by atoms with Gasteiger partial charge in [-0.1, -0.05) is 15.9 Å². The number of hydrogen-bond acceptors (Lipinski definition) is 4. The Labute approximate surface area is 111 Å². The van der Waals surface area contributed by atoms with Crippen LogP contribution in [0.5, 0.6) is 0 Å². The monoisotopic (exact) mass is 318 g/mol. The molecular weight excluding hydrogens is 310 g/mol. The van der Waals surface area contributed by atoms with Crippen molar-refractivity contribution in [3.05, 3.63) is 28.6 Å². The number of nitrogens with zero attached hydrogens (tertiary/aromatic N) is 2. The summed E-state index contributed by atoms with van der Waals surface area (Å²) in [6, 6.07) is 1.70. The third-order valence-corrected chi connectivity index (χ3v) is 2.88. The summed E-state index contributed by atoms with van der Waals surface area (Å²) < 4.78 is 29.8. The van der Waals surface area contributed by atoms with Crippen molar-refractivity contribution < 1.29 is 18.3 Å². The van der Waals surface area contributed by atoms with Crippen LogP contribution in [0.15, 0.2) is 6.20 Å². The third kappa shape index (κ3) is 3.01. The molecule has 0 unspecified atom stereocenters. The zero-order valence-electron chi connectivity index (χ0n) is 9.41. The standard InChI is InChI=1S/C11H9BrF2N2O2/c1-18-9(17)2-6-5-16-10(11(13)14)8(4-15)7(6)3-12/h5,11H,2-3H2,1H3. The fourth-order valence-electron chi connectivity index (χ4n) is 1.43. The number of methoxy groups -OCH3 is 1. The fraction of sp³-hybridized carbons (Fsp3) is 0.364. The Kier molecular flexibility index (Phi) is 5.16. The number of carbonyl (C=O) groups is 1. The lowest BCUT2D eigenvalue weighted by atomic mass is 10.0. The smallest absolute Gasteiger partial charge is 0.310 e. The summed E-state index contributed by atoms with van der Waals surface area (Å²) in [5.41, 5.74) is -0.0169. The number of nitriles is 1. The molecule has 4 nitrogen and oxygen atoms in total. The van der Waals surface area contributed by atoms with Crippen molar-refractivity contribution in [3.8, 4) is 6.07 Å². The molecule has 18 heavy (non-hydrogen) atoms. The molecule has 0 saturated carbocycles. The van der Waals surface area contributed by atoms with Gasteiger partial charge in [0.15, 0.2) is 0 Å². The Bertz CT molecular complexity index is 501. The highest BCUT2D eigenvalue weighted by molar-refractivity contribution is 9.08. The second-order valence-corrected chi connectivity index (χ2v) is 3.88. The van der Waals surface area contributed by atoms with E-state index in [9.17, 15) is 13.6 Å². The van der Waals surface area contributed by atoms with E-state index >= 15 is 0 Å². The van der Waals surface area contributed by atoms with Crippen LogP contribution in [0.3, 0.4) is 0 Å². The topological polar surface area (TPSA) is 63.0 Å². The van der Waals surface area contributed by atoms with Gasteiger partial charge in [-0.3, -0.25) is 9.78 Å². The molecule has 0 spiro atoms. The van der Waals surface area contributed by atoms with Crippen molar-refractivity contribution in [2.75, 3.05) is 7.11 Å². The van der Waals surface area contributed by atoms with Gasteiger partial charge in [-0.15, -0.1) is 0 Å². The first-order valence-corrected chi connectivity index (χ1v) is 5.99. The van der Waals surface area contributed by atoms with Gasteiger partial charge >= 0.3 is 5.97 Å². The van der Waals surface area contributed by atoms with Crippen LogP contribution in [0.1, 0.15) is 28.8 Å². The lowest BCUT2D eigenvalue weighted by Crippen LogP contribution is -2.10. The lowest BCUT2D eigenvalue weighted by Gasteiger charge is -2.11. The summed E-state index contributed by atoms with van der Waals surface area (Å²) in [6.45, 7) is 0. The van der Waals surface area contributed by atoms with Crippen molar-refractivity contribution in [3.63, 3.8) is 0 Å². The zero-order valence-corrected chi connectivity index (χ0v) is 11.0. The maximum Gasteiger partial charge on any atom is 0.310 e. The van der Waals surface area contributed by atoms with Gasteiger partial charge in [0.1, 0.15) is 11.8 Å². The first-order valence-electron chi connectivity index (χ1n) is 4.86. The van der Waals surface area contributed by atoms with Gasteiger partial charge in [0.25, 0.3) is 6.43 Å². The van der Waals surface area contributed by atoms with Crippen LogP contribution in [0, 0.1) is 11.3 Å². The number of hydrogen-bond donors (Lipinski definition) is 0. The molecule has 1 aromatic rings. The van der Waals surface area contributed by atoms with E-state index in [2.05, 4.69) is 25.7 Å². The van der Waals surface area contributed by atoms with Crippen molar-refractivity contribution >= 4 is 21.9 Å². The van der Waals surface area contributed by atoms with E-state index in [1.165, 1.54) is 13.3 Å². The number of halogens is 3. The van der Waals surface area contributed by atoms with E-state index in [-0.39, 0.29) is 17.3 Å². The molecule has 0 radical (unpaired) electrons. The van der Waals surface area contributed by atoms with Gasteiger partial charge in [-0.05, 0) is 11.1 Å². The van der Waals surface area contributed by atoms with E-state index in [0.29, 0.717) is 11.1 Å². The lowest BCUT2D eigenvalue weighted by molar-refractivity contribution is -0.139. The van der Waals surface area contributed by atoms with Crippen LogP contribution in [-0.4, -0.2) is 18.1 Å². The molecule has 7 heteroatoms. The van der Waals surface area contributed by atoms with Crippen LogP contribution in [0.4, 0.5) is 8.78 Å². The quantitative estimate of drug-likeness (QED) is 0.632. The summed E-state index contributed by atoms with van der Waals surface area (Å²) >= 11 is 3.12. The minimum absolute atomic E-state index is 0.109. The summed E-state index contributed by atoms with van der Waals surface area (Å²) in [5.74, 6) is -0.521. The Hall–Kier alpha value is -1.55. The first kappa shape index (κ1) is 14.5. The molecular formula is C11H9BrF2N2O2. The van der Waals surface area contributed by atoms with Gasteiger partial charge in [0.2, 0.25) is 0 Å². The molecule has 1 heterocycles. The van der Waals surface area contributed by atoms with Gasteiger partial charge in [-0.2, -0.15) is 5.26 Å². The maximum atomic E-state index is 12.7. The molecule has 0 amide bonds. The molecule has 1 aromatic heterocycles. The van der Waals surface area contributed by atoms with Gasteiger partial charge < -0.3 is 4.74 Å². The third-order valence-electron chi connectivity index (χ3n) is 2.32. The Balaban J connectivity index is 3.31. The van der Waals surface area contributed by atoms with E-state index in [4.69, 9.17) is 5.26 Å². The maximum absolute atomic E-state index is 12.7. The molecule has 0 aliphatic rings. The Morgan fingerprint density at radius 2 is 2.33 bits per heavy atom. The number of ether oxygens (including phenoxy) is 1. The first-order chi connectivity index (χ1) is 8.54. The highest BCUT2D eigenvalue weighted by atomic mass is 79.9. The highest BCUT2D eigenvalue weighted by Gasteiger charge is 2.21. The number of alkyl halides is 3. The van der Waals surface area contributed by atoms with E-state index in [1.54, 1.807) is 6.07 Å².